The molecule has 108 valence electrons. The Morgan fingerprint density at radius 2 is 2.45 bits per heavy atom. The summed E-state index contributed by atoms with van der Waals surface area (Å²) in [5.74, 6) is -0.810. The number of carbonyl (C=O) groups is 1. The molecule has 0 saturated carbocycles. The number of nitrogens with zero attached hydrogens (tertiary/aromatic N) is 3. The van der Waals surface area contributed by atoms with Crippen LogP contribution in [0.25, 0.3) is 0 Å². The number of hydrogen-bond acceptors (Lipinski definition) is 8. The number of sulfonamides is 1. The van der Waals surface area contributed by atoms with E-state index in [1.807, 2.05) is 6.07 Å². The number of carbonyl (C=O) groups excluding carboxylic acids is 1. The van der Waals surface area contributed by atoms with E-state index in [1.54, 1.807) is 0 Å². The van der Waals surface area contributed by atoms with E-state index in [-0.39, 0.29) is 29.6 Å². The number of aromatic nitrogens is 1. The quantitative estimate of drug-likeness (QED) is 0.712. The van der Waals surface area contributed by atoms with Crippen LogP contribution in [-0.2, 0) is 19.5 Å². The first kappa shape index (κ1) is 14.9. The summed E-state index contributed by atoms with van der Waals surface area (Å²) >= 11 is 0.837. The van der Waals surface area contributed by atoms with Crippen molar-refractivity contribution in [3.8, 4) is 6.07 Å². The van der Waals surface area contributed by atoms with Crippen molar-refractivity contribution in [1.29, 1.82) is 5.26 Å². The summed E-state index contributed by atoms with van der Waals surface area (Å²) in [5.41, 5.74) is 1.03. The van der Waals surface area contributed by atoms with Gasteiger partial charge in [0.25, 0.3) is 10.0 Å². The molecule has 1 aliphatic rings. The molecule has 2 heterocycles. The Kier molecular flexibility index (Phi) is 4.34. The van der Waals surface area contributed by atoms with Gasteiger partial charge in [-0.15, -0.1) is 11.3 Å². The number of thiazole rings is 1. The van der Waals surface area contributed by atoms with Gasteiger partial charge in [0.1, 0.15) is 0 Å². The number of hydrogen-bond donors (Lipinski definition) is 0. The molecule has 0 radical (unpaired) electrons. The summed E-state index contributed by atoms with van der Waals surface area (Å²) in [4.78, 5) is 15.2. The van der Waals surface area contributed by atoms with Gasteiger partial charge < -0.3 is 9.47 Å². The van der Waals surface area contributed by atoms with E-state index in [0.717, 1.165) is 22.8 Å². The highest BCUT2D eigenvalue weighted by Crippen LogP contribution is 2.26. The van der Waals surface area contributed by atoms with Crippen molar-refractivity contribution in [2.45, 2.75) is 10.3 Å². The maximum atomic E-state index is 12.5. The van der Waals surface area contributed by atoms with Crippen molar-refractivity contribution >= 4 is 27.3 Å². The van der Waals surface area contributed by atoms with E-state index in [1.165, 1.54) is 5.51 Å². The van der Waals surface area contributed by atoms with E-state index >= 15 is 0 Å². The zero-order valence-corrected chi connectivity index (χ0v) is 12.1. The van der Waals surface area contributed by atoms with Gasteiger partial charge in [0.15, 0.2) is 16.0 Å². The Morgan fingerprint density at radius 1 is 1.70 bits per heavy atom. The lowest BCUT2D eigenvalue weighted by atomic mass is 10.3. The number of methoxy groups -OCH3 is 1. The molecule has 0 aromatic carbocycles. The molecule has 8 nitrogen and oxygen atoms in total. The van der Waals surface area contributed by atoms with Gasteiger partial charge in [0.2, 0.25) is 0 Å². The molecule has 0 bridgehead atoms. The largest absolute Gasteiger partial charge is 0.464 e. The van der Waals surface area contributed by atoms with Crippen molar-refractivity contribution in [2.75, 3.05) is 26.8 Å². The van der Waals surface area contributed by atoms with Crippen LogP contribution in [0.3, 0.4) is 0 Å². The van der Waals surface area contributed by atoms with Gasteiger partial charge in [-0.1, -0.05) is 0 Å². The highest BCUT2D eigenvalue weighted by atomic mass is 32.2. The maximum Gasteiger partial charge on any atom is 0.358 e. The number of ether oxygens (including phenoxy) is 2. The summed E-state index contributed by atoms with van der Waals surface area (Å²) in [6.07, 6.45) is -0.812. The molecule has 1 fully saturated rings. The first-order chi connectivity index (χ1) is 9.50. The molecular weight excluding hydrogens is 306 g/mol. The van der Waals surface area contributed by atoms with Crippen LogP contribution < -0.4 is 0 Å². The van der Waals surface area contributed by atoms with E-state index in [0.29, 0.717) is 0 Å². The maximum absolute atomic E-state index is 12.5. The SMILES string of the molecule is COC(=O)c1ncsc1S(=O)(=O)N1CCOC(C#N)C1. The third-order valence-electron chi connectivity index (χ3n) is 2.66. The molecule has 0 spiro atoms. The van der Waals surface area contributed by atoms with E-state index in [9.17, 15) is 13.2 Å². The first-order valence-electron chi connectivity index (χ1n) is 5.54. The van der Waals surface area contributed by atoms with Crippen LogP contribution in [0.2, 0.25) is 0 Å². The van der Waals surface area contributed by atoms with Crippen molar-refractivity contribution in [1.82, 2.24) is 9.29 Å². The Labute approximate surface area is 119 Å². The normalized spacial score (nSPS) is 20.3. The summed E-state index contributed by atoms with van der Waals surface area (Å²) in [6.45, 7) is 0.181. The van der Waals surface area contributed by atoms with Gasteiger partial charge >= 0.3 is 5.97 Å². The highest BCUT2D eigenvalue weighted by molar-refractivity contribution is 7.91. The third kappa shape index (κ3) is 2.66. The highest BCUT2D eigenvalue weighted by Gasteiger charge is 2.35. The minimum atomic E-state index is -3.89. The van der Waals surface area contributed by atoms with Crippen molar-refractivity contribution in [3.63, 3.8) is 0 Å². The third-order valence-corrected chi connectivity index (χ3v) is 5.87. The second-order valence-electron chi connectivity index (χ2n) is 3.83. The Bertz CT molecular complexity index is 648. The monoisotopic (exact) mass is 317 g/mol. The fraction of sp³-hybridized carbons (Fsp3) is 0.500. The van der Waals surface area contributed by atoms with Crippen LogP contribution in [0.15, 0.2) is 9.72 Å². The molecule has 1 atom stereocenters. The Balaban J connectivity index is 2.34. The lowest BCUT2D eigenvalue weighted by Crippen LogP contribution is -2.45. The van der Waals surface area contributed by atoms with Crippen LogP contribution in [0, 0.1) is 11.3 Å². The lowest BCUT2D eigenvalue weighted by molar-refractivity contribution is 0.0311. The van der Waals surface area contributed by atoms with Crippen LogP contribution in [0.5, 0.6) is 0 Å². The minimum Gasteiger partial charge on any atom is -0.464 e. The molecule has 10 heteroatoms. The summed E-state index contributed by atoms with van der Waals surface area (Å²) in [7, 11) is -2.74. The first-order valence-corrected chi connectivity index (χ1v) is 7.86. The van der Waals surface area contributed by atoms with Crippen LogP contribution in [-0.4, -0.2) is 56.6 Å². The molecule has 1 aliphatic heterocycles. The summed E-state index contributed by atoms with van der Waals surface area (Å²) in [5, 5.41) is 8.81. The molecule has 1 aromatic rings. The fourth-order valence-electron chi connectivity index (χ4n) is 1.69. The molecule has 1 saturated heterocycles. The number of morpholine rings is 1. The lowest BCUT2D eigenvalue weighted by Gasteiger charge is -2.28. The molecule has 0 amide bonds. The molecule has 2 rings (SSSR count). The van der Waals surface area contributed by atoms with Gasteiger partial charge in [0.05, 0.1) is 31.8 Å². The topological polar surface area (TPSA) is 110 Å². The number of nitriles is 1. The number of esters is 1. The second-order valence-corrected chi connectivity index (χ2v) is 6.82. The standard InChI is InChI=1S/C10H11N3O5S2/c1-17-9(14)8-10(19-6-12-8)20(15,16)13-2-3-18-7(4-11)5-13/h6-7H,2-3,5H2,1H3. The second kappa shape index (κ2) is 5.84. The van der Waals surface area contributed by atoms with Crippen LogP contribution >= 0.6 is 11.3 Å². The molecule has 0 N–H and O–H groups in total. The average Bonchev–Trinajstić information content (AvgIpc) is 2.96. The predicted molar refractivity (Wildman–Crippen MR) is 67.6 cm³/mol. The van der Waals surface area contributed by atoms with E-state index in [2.05, 4.69) is 9.72 Å². The number of rotatable bonds is 3. The molecule has 0 aliphatic carbocycles. The van der Waals surface area contributed by atoms with Gasteiger partial charge in [-0.05, 0) is 0 Å². The van der Waals surface area contributed by atoms with Gasteiger partial charge in [-0.3, -0.25) is 0 Å². The fourth-order valence-corrected chi connectivity index (χ4v) is 4.39. The molecule has 1 unspecified atom stereocenters. The molecular formula is C10H11N3O5S2. The smallest absolute Gasteiger partial charge is 0.358 e. The van der Waals surface area contributed by atoms with Gasteiger partial charge in [-0.2, -0.15) is 9.57 Å². The minimum absolute atomic E-state index is 0.0721. The van der Waals surface area contributed by atoms with Crippen LogP contribution in [0.4, 0.5) is 0 Å². The Hall–Kier alpha value is -1.54. The zero-order chi connectivity index (χ0) is 14.8. The average molecular weight is 317 g/mol. The summed E-state index contributed by atoms with van der Waals surface area (Å²) in [6, 6.07) is 1.87. The predicted octanol–water partition coefficient (Wildman–Crippen LogP) is -0.157. The zero-order valence-electron chi connectivity index (χ0n) is 10.5. The van der Waals surface area contributed by atoms with Gasteiger partial charge in [0, 0.05) is 6.54 Å². The molecule has 20 heavy (non-hydrogen) atoms. The van der Waals surface area contributed by atoms with Crippen molar-refractivity contribution in [3.05, 3.63) is 11.2 Å². The van der Waals surface area contributed by atoms with E-state index in [4.69, 9.17) is 10.00 Å². The van der Waals surface area contributed by atoms with E-state index < -0.39 is 22.1 Å². The van der Waals surface area contributed by atoms with Gasteiger partial charge in [-0.25, -0.2) is 18.2 Å². The van der Waals surface area contributed by atoms with Crippen molar-refractivity contribution < 1.29 is 22.7 Å². The van der Waals surface area contributed by atoms with Crippen LogP contribution in [0.1, 0.15) is 10.5 Å². The van der Waals surface area contributed by atoms with Crippen molar-refractivity contribution in [2.24, 2.45) is 0 Å². The molecule has 1 aromatic heterocycles. The summed E-state index contributed by atoms with van der Waals surface area (Å²) < 4.78 is 35.5. The Morgan fingerprint density at radius 3 is 3.10 bits per heavy atom.